The molecule has 3 aromatic rings. The fourth-order valence-electron chi connectivity index (χ4n) is 4.05. The predicted molar refractivity (Wildman–Crippen MR) is 160 cm³/mol. The molecule has 1 N–H and O–H groups in total. The number of amides is 2. The molecule has 3 rings (SSSR count). The second kappa shape index (κ2) is 14.0. The molecule has 0 unspecified atom stereocenters. The Morgan fingerprint density at radius 2 is 1.62 bits per heavy atom. The average molecular weight is 635 g/mol. The minimum Gasteiger partial charge on any atom is -0.352 e. The predicted octanol–water partition coefficient (Wildman–Crippen LogP) is 5.42. The zero-order valence-electron chi connectivity index (χ0n) is 22.2. The van der Waals surface area contributed by atoms with E-state index in [1.54, 1.807) is 24.3 Å². The van der Waals surface area contributed by atoms with E-state index >= 15 is 0 Å². The molecule has 0 saturated heterocycles. The van der Waals surface area contributed by atoms with Crippen LogP contribution in [0.15, 0.2) is 83.3 Å². The summed E-state index contributed by atoms with van der Waals surface area (Å²) < 4.78 is 27.4. The first kappa shape index (κ1) is 30.7. The number of nitrogens with one attached hydrogen (secondary N) is 1. The molecule has 0 aliphatic heterocycles. The minimum atomic E-state index is -3.83. The Kier molecular flexibility index (Phi) is 11.0. The van der Waals surface area contributed by atoms with E-state index in [2.05, 4.69) is 21.2 Å². The maximum Gasteiger partial charge on any atom is 0.244 e. The van der Waals surface area contributed by atoms with E-state index in [4.69, 9.17) is 11.6 Å². The summed E-state index contributed by atoms with van der Waals surface area (Å²) in [4.78, 5) is 29.1. The molecule has 2 atom stereocenters. The Balaban J connectivity index is 2.05. The smallest absolute Gasteiger partial charge is 0.244 e. The van der Waals surface area contributed by atoms with Crippen LogP contribution in [0.25, 0.3) is 0 Å². The third kappa shape index (κ3) is 9.08. The van der Waals surface area contributed by atoms with Crippen molar-refractivity contribution in [1.82, 2.24) is 10.2 Å². The molecule has 2 amide bonds. The molecule has 0 saturated carbocycles. The molecular weight excluding hydrogens is 602 g/mol. The fraction of sp³-hybridized carbons (Fsp3) is 0.310. The number of carbonyl (C=O) groups is 2. The van der Waals surface area contributed by atoms with Gasteiger partial charge in [-0.15, -0.1) is 0 Å². The molecule has 7 nitrogen and oxygen atoms in total. The van der Waals surface area contributed by atoms with Gasteiger partial charge in [0.05, 0.1) is 11.9 Å². The molecule has 0 bridgehead atoms. The van der Waals surface area contributed by atoms with Gasteiger partial charge in [0.2, 0.25) is 21.8 Å². The number of rotatable bonds is 12. The lowest BCUT2D eigenvalue weighted by Gasteiger charge is -2.34. The third-order valence-electron chi connectivity index (χ3n) is 6.31. The SMILES string of the molecule is CC[C@H](C)NC(=O)[C@@H](Cc1ccccc1)N(Cc1cccc(Br)c1)C(=O)CN(c1ccc(Cl)cc1)S(C)(=O)=O. The number of nitrogens with zero attached hydrogens (tertiary/aromatic N) is 2. The summed E-state index contributed by atoms with van der Waals surface area (Å²) in [5.74, 6) is -0.801. The summed E-state index contributed by atoms with van der Waals surface area (Å²) >= 11 is 9.48. The number of hydrogen-bond acceptors (Lipinski definition) is 4. The maximum atomic E-state index is 14.0. The minimum absolute atomic E-state index is 0.0971. The van der Waals surface area contributed by atoms with E-state index in [1.807, 2.05) is 68.4 Å². The first-order chi connectivity index (χ1) is 18.5. The first-order valence-corrected chi connectivity index (χ1v) is 15.6. The van der Waals surface area contributed by atoms with Crippen LogP contribution in [0.5, 0.6) is 0 Å². The Hall–Kier alpha value is -2.88. The van der Waals surface area contributed by atoms with Gasteiger partial charge in [-0.05, 0) is 60.9 Å². The molecule has 0 aromatic heterocycles. The molecule has 0 fully saturated rings. The summed E-state index contributed by atoms with van der Waals surface area (Å²) in [5, 5.41) is 3.46. The lowest BCUT2D eigenvalue weighted by Crippen LogP contribution is -2.54. The van der Waals surface area contributed by atoms with Gasteiger partial charge in [-0.3, -0.25) is 13.9 Å². The highest BCUT2D eigenvalue weighted by atomic mass is 79.9. The summed E-state index contributed by atoms with van der Waals surface area (Å²) in [6, 6.07) is 22.2. The molecule has 0 aliphatic carbocycles. The van der Waals surface area contributed by atoms with Gasteiger partial charge in [0.25, 0.3) is 0 Å². The van der Waals surface area contributed by atoms with Crippen LogP contribution < -0.4 is 9.62 Å². The Morgan fingerprint density at radius 3 is 2.21 bits per heavy atom. The van der Waals surface area contributed by atoms with Crippen molar-refractivity contribution >= 4 is 55.1 Å². The highest BCUT2D eigenvalue weighted by Crippen LogP contribution is 2.23. The van der Waals surface area contributed by atoms with E-state index in [0.29, 0.717) is 10.7 Å². The van der Waals surface area contributed by atoms with Gasteiger partial charge < -0.3 is 10.2 Å². The van der Waals surface area contributed by atoms with Crippen molar-refractivity contribution in [2.75, 3.05) is 17.1 Å². The Bertz CT molecular complexity index is 1370. The van der Waals surface area contributed by atoms with Crippen LogP contribution in [-0.2, 0) is 32.6 Å². The largest absolute Gasteiger partial charge is 0.352 e. The van der Waals surface area contributed by atoms with E-state index in [-0.39, 0.29) is 24.9 Å². The number of sulfonamides is 1. The van der Waals surface area contributed by atoms with Gasteiger partial charge in [0.1, 0.15) is 12.6 Å². The van der Waals surface area contributed by atoms with Crippen LogP contribution in [0.1, 0.15) is 31.4 Å². The van der Waals surface area contributed by atoms with Crippen molar-refractivity contribution in [3.8, 4) is 0 Å². The maximum absolute atomic E-state index is 14.0. The van der Waals surface area contributed by atoms with Crippen LogP contribution in [0, 0.1) is 0 Å². The molecule has 0 aliphatic rings. The van der Waals surface area contributed by atoms with Crippen molar-refractivity contribution in [3.63, 3.8) is 0 Å². The number of anilines is 1. The van der Waals surface area contributed by atoms with Gasteiger partial charge in [0, 0.05) is 28.5 Å². The van der Waals surface area contributed by atoms with Crippen molar-refractivity contribution in [2.45, 2.75) is 45.3 Å². The number of carbonyl (C=O) groups excluding carboxylic acids is 2. The van der Waals surface area contributed by atoms with Gasteiger partial charge in [-0.25, -0.2) is 8.42 Å². The molecule has 0 radical (unpaired) electrons. The van der Waals surface area contributed by atoms with Crippen molar-refractivity contribution < 1.29 is 18.0 Å². The summed E-state index contributed by atoms with van der Waals surface area (Å²) in [6.45, 7) is 3.51. The summed E-state index contributed by atoms with van der Waals surface area (Å²) in [6.07, 6.45) is 2.04. The monoisotopic (exact) mass is 633 g/mol. The van der Waals surface area contributed by atoms with Crippen LogP contribution in [0.4, 0.5) is 5.69 Å². The molecule has 0 spiro atoms. The Labute approximate surface area is 244 Å². The highest BCUT2D eigenvalue weighted by Gasteiger charge is 2.33. The molecule has 10 heteroatoms. The van der Waals surface area contributed by atoms with Gasteiger partial charge in [0.15, 0.2) is 0 Å². The van der Waals surface area contributed by atoms with Crippen LogP contribution in [0.3, 0.4) is 0 Å². The lowest BCUT2D eigenvalue weighted by molar-refractivity contribution is -0.140. The quantitative estimate of drug-likeness (QED) is 0.288. The third-order valence-corrected chi connectivity index (χ3v) is 8.19. The van der Waals surface area contributed by atoms with Gasteiger partial charge in [-0.2, -0.15) is 0 Å². The summed E-state index contributed by atoms with van der Waals surface area (Å²) in [7, 11) is -3.83. The zero-order valence-corrected chi connectivity index (χ0v) is 25.3. The Morgan fingerprint density at radius 1 is 0.974 bits per heavy atom. The number of halogens is 2. The van der Waals surface area contributed by atoms with Crippen LogP contribution >= 0.6 is 27.5 Å². The zero-order chi connectivity index (χ0) is 28.6. The number of hydrogen-bond donors (Lipinski definition) is 1. The molecule has 3 aromatic carbocycles. The molecule has 0 heterocycles. The highest BCUT2D eigenvalue weighted by molar-refractivity contribution is 9.10. The van der Waals surface area contributed by atoms with Crippen LogP contribution in [0.2, 0.25) is 5.02 Å². The molecular formula is C29H33BrClN3O4S. The lowest BCUT2D eigenvalue weighted by atomic mass is 10.0. The van der Waals surface area contributed by atoms with Crippen molar-refractivity contribution in [1.29, 1.82) is 0 Å². The second-order valence-corrected chi connectivity index (χ2v) is 12.7. The normalized spacial score (nSPS) is 12.8. The fourth-order valence-corrected chi connectivity index (χ4v) is 5.47. The van der Waals surface area contributed by atoms with E-state index < -0.39 is 28.5 Å². The first-order valence-electron chi connectivity index (χ1n) is 12.6. The summed E-state index contributed by atoms with van der Waals surface area (Å²) in [5.41, 5.74) is 1.98. The average Bonchev–Trinajstić information content (AvgIpc) is 2.89. The molecule has 208 valence electrons. The van der Waals surface area contributed by atoms with Crippen LogP contribution in [-0.4, -0.2) is 50.0 Å². The second-order valence-electron chi connectivity index (χ2n) is 9.42. The van der Waals surface area contributed by atoms with E-state index in [9.17, 15) is 18.0 Å². The number of benzene rings is 3. The van der Waals surface area contributed by atoms with Crippen molar-refractivity contribution in [3.05, 3.63) is 99.5 Å². The van der Waals surface area contributed by atoms with Gasteiger partial charge in [-0.1, -0.05) is 76.9 Å². The van der Waals surface area contributed by atoms with Crippen molar-refractivity contribution in [2.24, 2.45) is 0 Å². The van der Waals surface area contributed by atoms with E-state index in [0.717, 1.165) is 32.6 Å². The standard InChI is InChI=1S/C29H33BrClN3O4S/c1-4-21(2)32-29(36)27(18-22-9-6-5-7-10-22)33(19-23-11-8-12-24(30)17-23)28(35)20-34(39(3,37)38)26-15-13-25(31)14-16-26/h5-17,21,27H,4,18-20H2,1-3H3,(H,32,36)/t21-,27+/m0/s1. The molecule has 39 heavy (non-hydrogen) atoms. The topological polar surface area (TPSA) is 86.8 Å². The van der Waals surface area contributed by atoms with Gasteiger partial charge >= 0.3 is 0 Å². The van der Waals surface area contributed by atoms with E-state index in [1.165, 1.54) is 4.90 Å².